The minimum Gasteiger partial charge on any atom is -0.462 e. The lowest BCUT2D eigenvalue weighted by Crippen LogP contribution is -2.43. The van der Waals surface area contributed by atoms with E-state index < -0.39 is 0 Å². The number of hydrogen-bond acceptors (Lipinski definition) is 3. The summed E-state index contributed by atoms with van der Waals surface area (Å²) in [6.45, 7) is 1.92. The first kappa shape index (κ1) is 15.0. The molecule has 2 heterocycles. The van der Waals surface area contributed by atoms with Crippen LogP contribution in [-0.4, -0.2) is 36.1 Å². The zero-order valence-electron chi connectivity index (χ0n) is 12.6. The number of ether oxygens (including phenoxy) is 1. The minimum atomic E-state index is -0.224. The van der Waals surface area contributed by atoms with Crippen LogP contribution in [0.4, 0.5) is 0 Å². The van der Waals surface area contributed by atoms with Gasteiger partial charge in [-0.05, 0) is 51.3 Å². The molecule has 21 heavy (non-hydrogen) atoms. The predicted molar refractivity (Wildman–Crippen MR) is 86.2 cm³/mol. The van der Waals surface area contributed by atoms with E-state index in [1.807, 2.05) is 31.2 Å². The fraction of sp³-hybridized carbons (Fsp3) is 0.588. The van der Waals surface area contributed by atoms with Crippen molar-refractivity contribution in [3.05, 3.63) is 34.3 Å². The first-order valence-electron chi connectivity index (χ1n) is 7.73. The predicted octanol–water partition coefficient (Wildman–Crippen LogP) is 3.72. The molecule has 3 atom stereocenters. The maximum atomic E-state index is 12.4. The van der Waals surface area contributed by atoms with Crippen LogP contribution in [0.15, 0.2) is 28.7 Å². The van der Waals surface area contributed by atoms with E-state index in [0.717, 1.165) is 22.9 Å². The van der Waals surface area contributed by atoms with E-state index in [9.17, 15) is 4.79 Å². The Balaban J connectivity index is 1.63. The quantitative estimate of drug-likeness (QED) is 0.777. The van der Waals surface area contributed by atoms with E-state index in [-0.39, 0.29) is 18.0 Å². The Morgan fingerprint density at radius 1 is 1.29 bits per heavy atom. The third-order valence-corrected chi connectivity index (χ3v) is 5.79. The Bertz CT molecular complexity index is 519. The summed E-state index contributed by atoms with van der Waals surface area (Å²) in [5, 5.41) is 0. The van der Waals surface area contributed by atoms with Gasteiger partial charge in [-0.3, -0.25) is 4.79 Å². The molecule has 2 aliphatic rings. The molecular weight excluding hydrogens is 330 g/mol. The molecule has 0 N–H and O–H groups in total. The topological polar surface area (TPSA) is 29.5 Å². The maximum Gasteiger partial charge on any atom is 0.313 e. The van der Waals surface area contributed by atoms with Crippen molar-refractivity contribution in [2.24, 2.45) is 0 Å². The summed E-state index contributed by atoms with van der Waals surface area (Å²) in [6, 6.07) is 9.06. The van der Waals surface area contributed by atoms with Gasteiger partial charge < -0.3 is 9.64 Å². The molecule has 3 unspecified atom stereocenters. The average molecular weight is 352 g/mol. The Morgan fingerprint density at radius 2 is 1.90 bits per heavy atom. The van der Waals surface area contributed by atoms with Crippen LogP contribution >= 0.6 is 15.9 Å². The second-order valence-electron chi connectivity index (χ2n) is 6.32. The Labute approximate surface area is 134 Å². The molecule has 0 spiro atoms. The van der Waals surface area contributed by atoms with Crippen molar-refractivity contribution in [2.45, 2.75) is 56.7 Å². The van der Waals surface area contributed by atoms with Gasteiger partial charge in [0.15, 0.2) is 0 Å². The number of carbonyl (C=O) groups excluding carboxylic acids is 1. The second kappa shape index (κ2) is 6.09. The molecule has 3 nitrogen and oxygen atoms in total. The summed E-state index contributed by atoms with van der Waals surface area (Å²) in [7, 11) is 2.20. The van der Waals surface area contributed by atoms with Gasteiger partial charge in [-0.15, -0.1) is 0 Å². The molecule has 0 amide bonds. The van der Waals surface area contributed by atoms with Gasteiger partial charge in [0.2, 0.25) is 0 Å². The standard InChI is InChI=1S/C17H22BrNO2/c1-11(15-5-3-4-6-16(15)18)17(20)21-14-9-12-7-8-13(10-14)19(12)2/h3-6,11-14H,7-10H2,1-2H3. The highest BCUT2D eigenvalue weighted by Gasteiger charge is 2.40. The summed E-state index contributed by atoms with van der Waals surface area (Å²) in [5.74, 6) is -0.325. The number of fused-ring (bicyclic) bond motifs is 2. The van der Waals surface area contributed by atoms with Crippen LogP contribution in [0.1, 0.15) is 44.1 Å². The third kappa shape index (κ3) is 3.02. The lowest BCUT2D eigenvalue weighted by molar-refractivity contribution is -0.153. The smallest absolute Gasteiger partial charge is 0.313 e. The van der Waals surface area contributed by atoms with E-state index in [1.54, 1.807) is 0 Å². The van der Waals surface area contributed by atoms with Crippen LogP contribution in [0.3, 0.4) is 0 Å². The van der Waals surface area contributed by atoms with E-state index >= 15 is 0 Å². The molecule has 3 rings (SSSR count). The first-order chi connectivity index (χ1) is 10.1. The highest BCUT2D eigenvalue weighted by Crippen LogP contribution is 2.36. The van der Waals surface area contributed by atoms with Gasteiger partial charge in [-0.1, -0.05) is 34.1 Å². The number of nitrogens with zero attached hydrogens (tertiary/aromatic N) is 1. The van der Waals surface area contributed by atoms with Crippen molar-refractivity contribution in [1.29, 1.82) is 0 Å². The average Bonchev–Trinajstić information content (AvgIpc) is 2.69. The minimum absolute atomic E-state index is 0.0936. The number of piperidine rings is 1. The molecule has 4 heteroatoms. The van der Waals surface area contributed by atoms with Crippen molar-refractivity contribution in [3.63, 3.8) is 0 Å². The summed E-state index contributed by atoms with van der Waals surface area (Å²) >= 11 is 3.51. The lowest BCUT2D eigenvalue weighted by Gasteiger charge is -2.36. The van der Waals surface area contributed by atoms with Gasteiger partial charge in [-0.25, -0.2) is 0 Å². The number of rotatable bonds is 3. The molecule has 0 radical (unpaired) electrons. The Kier molecular flexibility index (Phi) is 4.36. The van der Waals surface area contributed by atoms with Crippen LogP contribution in [0.25, 0.3) is 0 Å². The van der Waals surface area contributed by atoms with Crippen molar-refractivity contribution >= 4 is 21.9 Å². The molecule has 0 aromatic heterocycles. The zero-order valence-corrected chi connectivity index (χ0v) is 14.2. The van der Waals surface area contributed by atoms with E-state index in [4.69, 9.17) is 4.74 Å². The number of esters is 1. The van der Waals surface area contributed by atoms with Gasteiger partial charge in [0.1, 0.15) is 6.10 Å². The van der Waals surface area contributed by atoms with Gasteiger partial charge in [0, 0.05) is 16.6 Å². The maximum absolute atomic E-state index is 12.4. The van der Waals surface area contributed by atoms with Gasteiger partial charge >= 0.3 is 5.97 Å². The second-order valence-corrected chi connectivity index (χ2v) is 7.18. The monoisotopic (exact) mass is 351 g/mol. The van der Waals surface area contributed by atoms with E-state index in [0.29, 0.717) is 12.1 Å². The molecule has 2 saturated heterocycles. The third-order valence-electron chi connectivity index (χ3n) is 5.06. The number of benzene rings is 1. The fourth-order valence-corrected chi connectivity index (χ4v) is 4.31. The molecule has 0 aliphatic carbocycles. The van der Waals surface area contributed by atoms with Gasteiger partial charge in [0.25, 0.3) is 0 Å². The van der Waals surface area contributed by atoms with Crippen LogP contribution in [0.2, 0.25) is 0 Å². The van der Waals surface area contributed by atoms with Crippen molar-refractivity contribution in [3.8, 4) is 0 Å². The molecule has 2 fully saturated rings. The number of carbonyl (C=O) groups is 1. The fourth-order valence-electron chi connectivity index (χ4n) is 3.68. The SMILES string of the molecule is CC(C(=O)OC1CC2CCC(C1)N2C)c1ccccc1Br. The summed E-state index contributed by atoms with van der Waals surface area (Å²) < 4.78 is 6.78. The number of hydrogen-bond donors (Lipinski definition) is 0. The van der Waals surface area contributed by atoms with Crippen LogP contribution in [0.5, 0.6) is 0 Å². The van der Waals surface area contributed by atoms with Crippen LogP contribution in [-0.2, 0) is 9.53 Å². The lowest BCUT2D eigenvalue weighted by atomic mass is 9.99. The number of halogens is 1. The summed E-state index contributed by atoms with van der Waals surface area (Å²) in [6.07, 6.45) is 4.56. The molecule has 2 aliphatic heterocycles. The summed E-state index contributed by atoms with van der Waals surface area (Å²) in [5.41, 5.74) is 0.999. The summed E-state index contributed by atoms with van der Waals surface area (Å²) in [4.78, 5) is 14.9. The van der Waals surface area contributed by atoms with Crippen molar-refractivity contribution in [1.82, 2.24) is 4.90 Å². The zero-order chi connectivity index (χ0) is 15.0. The molecule has 1 aromatic carbocycles. The highest BCUT2D eigenvalue weighted by atomic mass is 79.9. The normalized spacial score (nSPS) is 30.1. The van der Waals surface area contributed by atoms with Crippen molar-refractivity contribution in [2.75, 3.05) is 7.05 Å². The van der Waals surface area contributed by atoms with Crippen LogP contribution in [0, 0.1) is 0 Å². The largest absolute Gasteiger partial charge is 0.462 e. The molecule has 2 bridgehead atoms. The highest BCUT2D eigenvalue weighted by molar-refractivity contribution is 9.10. The first-order valence-corrected chi connectivity index (χ1v) is 8.52. The Hall–Kier alpha value is -0.870. The van der Waals surface area contributed by atoms with E-state index in [1.165, 1.54) is 12.8 Å². The molecule has 0 saturated carbocycles. The van der Waals surface area contributed by atoms with Gasteiger partial charge in [0.05, 0.1) is 5.92 Å². The molecule has 1 aromatic rings. The van der Waals surface area contributed by atoms with Crippen LogP contribution < -0.4 is 0 Å². The Morgan fingerprint density at radius 3 is 2.52 bits per heavy atom. The van der Waals surface area contributed by atoms with Crippen molar-refractivity contribution < 1.29 is 9.53 Å². The molecular formula is C17H22BrNO2. The van der Waals surface area contributed by atoms with E-state index in [2.05, 4.69) is 27.9 Å². The molecule has 114 valence electrons. The van der Waals surface area contributed by atoms with Gasteiger partial charge in [-0.2, -0.15) is 0 Å².